The van der Waals surface area contributed by atoms with Crippen LogP contribution in [-0.4, -0.2) is 43.7 Å². The summed E-state index contributed by atoms with van der Waals surface area (Å²) in [5.74, 6) is 0. The van der Waals surface area contributed by atoms with Gasteiger partial charge in [-0.3, -0.25) is 0 Å². The average Bonchev–Trinajstić information content (AvgIpc) is 2.25. The zero-order chi connectivity index (χ0) is 11.1. The molecule has 0 saturated heterocycles. The van der Waals surface area contributed by atoms with Gasteiger partial charge < -0.3 is 20.3 Å². The number of methoxy groups -OCH3 is 1. The van der Waals surface area contributed by atoms with Crippen molar-refractivity contribution in [2.45, 2.75) is 43.7 Å². The van der Waals surface area contributed by atoms with Gasteiger partial charge in [-0.05, 0) is 32.1 Å². The van der Waals surface area contributed by atoms with Crippen molar-refractivity contribution in [2.24, 2.45) is 5.73 Å². The largest absolute Gasteiger partial charge is 0.394 e. The maximum atomic E-state index is 9.18. The second-order valence-corrected chi connectivity index (χ2v) is 4.46. The SMILES string of the molecule is COCCCOC1CCCC(N)(CO)C1. The Labute approximate surface area is 91.7 Å². The van der Waals surface area contributed by atoms with Crippen LogP contribution >= 0.6 is 0 Å². The third-order valence-corrected chi connectivity index (χ3v) is 3.00. The highest BCUT2D eigenvalue weighted by Crippen LogP contribution is 2.27. The third-order valence-electron chi connectivity index (χ3n) is 3.00. The molecule has 1 rings (SSSR count). The van der Waals surface area contributed by atoms with Crippen molar-refractivity contribution in [1.29, 1.82) is 0 Å². The van der Waals surface area contributed by atoms with E-state index >= 15 is 0 Å². The molecule has 1 fully saturated rings. The molecule has 15 heavy (non-hydrogen) atoms. The summed E-state index contributed by atoms with van der Waals surface area (Å²) in [5.41, 5.74) is 5.61. The lowest BCUT2D eigenvalue weighted by atomic mass is 9.81. The smallest absolute Gasteiger partial charge is 0.0612 e. The van der Waals surface area contributed by atoms with Gasteiger partial charge in [-0.15, -0.1) is 0 Å². The van der Waals surface area contributed by atoms with Gasteiger partial charge in [0.05, 0.1) is 12.7 Å². The second-order valence-electron chi connectivity index (χ2n) is 4.46. The van der Waals surface area contributed by atoms with E-state index in [1.54, 1.807) is 7.11 Å². The van der Waals surface area contributed by atoms with Gasteiger partial charge >= 0.3 is 0 Å². The molecule has 2 unspecified atom stereocenters. The Balaban J connectivity index is 2.18. The van der Waals surface area contributed by atoms with E-state index < -0.39 is 5.54 Å². The predicted octanol–water partition coefficient (Wildman–Crippen LogP) is 0.672. The zero-order valence-corrected chi connectivity index (χ0v) is 9.58. The number of hydrogen-bond donors (Lipinski definition) is 2. The van der Waals surface area contributed by atoms with Crippen molar-refractivity contribution in [3.8, 4) is 0 Å². The van der Waals surface area contributed by atoms with E-state index in [1.807, 2.05) is 0 Å². The highest BCUT2D eigenvalue weighted by molar-refractivity contribution is 4.90. The van der Waals surface area contributed by atoms with Gasteiger partial charge in [-0.2, -0.15) is 0 Å². The fraction of sp³-hybridized carbons (Fsp3) is 1.00. The van der Waals surface area contributed by atoms with Crippen LogP contribution in [0.15, 0.2) is 0 Å². The molecular weight excluding hydrogens is 194 g/mol. The minimum absolute atomic E-state index is 0.0604. The molecule has 0 amide bonds. The van der Waals surface area contributed by atoms with Crippen LogP contribution in [0.3, 0.4) is 0 Å². The average molecular weight is 217 g/mol. The van der Waals surface area contributed by atoms with Crippen LogP contribution in [0.25, 0.3) is 0 Å². The third kappa shape index (κ3) is 4.47. The molecule has 4 heteroatoms. The molecule has 1 aliphatic rings. The number of hydrogen-bond acceptors (Lipinski definition) is 4. The fourth-order valence-electron chi connectivity index (χ4n) is 2.08. The molecule has 0 aromatic carbocycles. The van der Waals surface area contributed by atoms with Crippen molar-refractivity contribution in [1.82, 2.24) is 0 Å². The summed E-state index contributed by atoms with van der Waals surface area (Å²) >= 11 is 0. The summed E-state index contributed by atoms with van der Waals surface area (Å²) in [6.45, 7) is 1.52. The first-order valence-electron chi connectivity index (χ1n) is 5.70. The molecule has 3 N–H and O–H groups in total. The summed E-state index contributed by atoms with van der Waals surface area (Å²) in [5, 5.41) is 9.18. The fourth-order valence-corrected chi connectivity index (χ4v) is 2.08. The van der Waals surface area contributed by atoms with Gasteiger partial charge in [0.2, 0.25) is 0 Å². The van der Waals surface area contributed by atoms with E-state index in [4.69, 9.17) is 15.2 Å². The Morgan fingerprint density at radius 1 is 1.47 bits per heavy atom. The van der Waals surface area contributed by atoms with Crippen molar-refractivity contribution >= 4 is 0 Å². The molecular formula is C11H23NO3. The molecule has 90 valence electrons. The molecule has 2 atom stereocenters. The van der Waals surface area contributed by atoms with Crippen LogP contribution < -0.4 is 5.73 Å². The van der Waals surface area contributed by atoms with E-state index in [2.05, 4.69) is 0 Å². The monoisotopic (exact) mass is 217 g/mol. The minimum Gasteiger partial charge on any atom is -0.394 e. The minimum atomic E-state index is -0.413. The zero-order valence-electron chi connectivity index (χ0n) is 9.58. The normalized spacial score (nSPS) is 31.8. The molecule has 0 aliphatic heterocycles. The van der Waals surface area contributed by atoms with Crippen molar-refractivity contribution in [3.05, 3.63) is 0 Å². The van der Waals surface area contributed by atoms with Crippen LogP contribution in [-0.2, 0) is 9.47 Å². The van der Waals surface area contributed by atoms with Gasteiger partial charge in [0.15, 0.2) is 0 Å². The Hall–Kier alpha value is -0.160. The summed E-state index contributed by atoms with van der Waals surface area (Å²) in [7, 11) is 1.69. The van der Waals surface area contributed by atoms with E-state index in [-0.39, 0.29) is 12.7 Å². The van der Waals surface area contributed by atoms with Crippen molar-refractivity contribution in [3.63, 3.8) is 0 Å². The first-order valence-corrected chi connectivity index (χ1v) is 5.70. The van der Waals surface area contributed by atoms with Gasteiger partial charge in [-0.25, -0.2) is 0 Å². The Morgan fingerprint density at radius 3 is 2.93 bits per heavy atom. The number of nitrogens with two attached hydrogens (primary N) is 1. The maximum absolute atomic E-state index is 9.18. The Kier molecular flexibility index (Phi) is 5.53. The maximum Gasteiger partial charge on any atom is 0.0612 e. The van der Waals surface area contributed by atoms with Crippen LogP contribution in [0, 0.1) is 0 Å². The van der Waals surface area contributed by atoms with Crippen molar-refractivity contribution in [2.75, 3.05) is 26.9 Å². The molecule has 0 aromatic heterocycles. The van der Waals surface area contributed by atoms with Crippen LogP contribution in [0.1, 0.15) is 32.1 Å². The van der Waals surface area contributed by atoms with E-state index in [9.17, 15) is 5.11 Å². The molecule has 0 aromatic rings. The van der Waals surface area contributed by atoms with Gasteiger partial charge in [0.25, 0.3) is 0 Å². The molecule has 0 bridgehead atoms. The van der Waals surface area contributed by atoms with Crippen LogP contribution in [0.4, 0.5) is 0 Å². The first kappa shape index (κ1) is 12.9. The summed E-state index contributed by atoms with van der Waals surface area (Å²) in [4.78, 5) is 0. The lowest BCUT2D eigenvalue weighted by Gasteiger charge is -2.36. The Bertz CT molecular complexity index is 177. The van der Waals surface area contributed by atoms with Gasteiger partial charge in [0, 0.05) is 25.9 Å². The molecule has 4 nitrogen and oxygen atoms in total. The first-order chi connectivity index (χ1) is 7.20. The van der Waals surface area contributed by atoms with Crippen LogP contribution in [0.2, 0.25) is 0 Å². The molecule has 1 saturated carbocycles. The van der Waals surface area contributed by atoms with E-state index in [1.165, 1.54) is 0 Å². The van der Waals surface area contributed by atoms with E-state index in [0.29, 0.717) is 0 Å². The highest BCUT2D eigenvalue weighted by Gasteiger charge is 2.32. The number of rotatable bonds is 6. The van der Waals surface area contributed by atoms with Crippen LogP contribution in [0.5, 0.6) is 0 Å². The molecule has 0 heterocycles. The summed E-state index contributed by atoms with van der Waals surface area (Å²) in [6.07, 6.45) is 4.92. The summed E-state index contributed by atoms with van der Waals surface area (Å²) in [6, 6.07) is 0. The second kappa shape index (κ2) is 6.43. The topological polar surface area (TPSA) is 64.7 Å². The molecule has 0 spiro atoms. The van der Waals surface area contributed by atoms with Gasteiger partial charge in [0.1, 0.15) is 0 Å². The number of aliphatic hydroxyl groups is 1. The lowest BCUT2D eigenvalue weighted by Crippen LogP contribution is -2.49. The van der Waals surface area contributed by atoms with Gasteiger partial charge in [-0.1, -0.05) is 0 Å². The molecule has 1 aliphatic carbocycles. The lowest BCUT2D eigenvalue weighted by molar-refractivity contribution is -0.0114. The van der Waals surface area contributed by atoms with Crippen molar-refractivity contribution < 1.29 is 14.6 Å². The standard InChI is InChI=1S/C11H23NO3/c1-14-6-3-7-15-10-4-2-5-11(12,8-10)9-13/h10,13H,2-9,12H2,1H3. The predicted molar refractivity (Wildman–Crippen MR) is 58.7 cm³/mol. The Morgan fingerprint density at radius 2 is 2.27 bits per heavy atom. The van der Waals surface area contributed by atoms with E-state index in [0.717, 1.165) is 45.3 Å². The quantitative estimate of drug-likeness (QED) is 0.642. The number of ether oxygens (including phenoxy) is 2. The highest BCUT2D eigenvalue weighted by atomic mass is 16.5. The summed E-state index contributed by atoms with van der Waals surface area (Å²) < 4.78 is 10.7. The molecule has 0 radical (unpaired) electrons. The number of aliphatic hydroxyl groups excluding tert-OH is 1.